The first-order valence-corrected chi connectivity index (χ1v) is 11.1. The Balaban J connectivity index is 1.21. The Morgan fingerprint density at radius 2 is 1.94 bits per heavy atom. The molecule has 5 rings (SSSR count). The summed E-state index contributed by atoms with van der Waals surface area (Å²) >= 11 is 2.29. The molecule has 1 fully saturated rings. The van der Waals surface area contributed by atoms with Gasteiger partial charge in [0.2, 0.25) is 6.79 Å². The summed E-state index contributed by atoms with van der Waals surface area (Å²) < 4.78 is 11.7. The standard InChI is InChI=1S/C22H16N2O5S2/c25-20(18-11-14-3-1-2-4-17(14)30-18)23-7-8-24-21(26)19(31-22(24)27)10-13-5-6-15-16(9-13)29-12-28-15/h1-6,9-11H,7-8,12H2,(H,23,25)/b19-10-. The maximum atomic E-state index is 12.7. The van der Waals surface area contributed by atoms with E-state index < -0.39 is 0 Å². The van der Waals surface area contributed by atoms with Crippen LogP contribution in [-0.2, 0) is 4.79 Å². The molecule has 9 heteroatoms. The zero-order valence-corrected chi connectivity index (χ0v) is 17.8. The summed E-state index contributed by atoms with van der Waals surface area (Å²) in [5.41, 5.74) is 0.743. The number of ether oxygens (including phenoxy) is 2. The molecule has 0 atom stereocenters. The fraction of sp³-hybridized carbons (Fsp3) is 0.136. The van der Waals surface area contributed by atoms with Gasteiger partial charge in [0.25, 0.3) is 17.1 Å². The quantitative estimate of drug-likeness (QED) is 0.587. The van der Waals surface area contributed by atoms with Gasteiger partial charge in [-0.3, -0.25) is 19.3 Å². The van der Waals surface area contributed by atoms with Crippen molar-refractivity contribution in [3.05, 3.63) is 63.9 Å². The summed E-state index contributed by atoms with van der Waals surface area (Å²) in [4.78, 5) is 39.5. The number of nitrogens with zero attached hydrogens (tertiary/aromatic N) is 1. The van der Waals surface area contributed by atoms with Crippen molar-refractivity contribution < 1.29 is 23.9 Å². The first-order chi connectivity index (χ1) is 15.1. The number of amides is 3. The van der Waals surface area contributed by atoms with Gasteiger partial charge in [0.15, 0.2) is 11.5 Å². The Morgan fingerprint density at radius 1 is 1.10 bits per heavy atom. The Kier molecular flexibility index (Phi) is 5.13. The molecule has 1 aromatic heterocycles. The van der Waals surface area contributed by atoms with Crippen molar-refractivity contribution >= 4 is 56.3 Å². The SMILES string of the molecule is O=C(NCCN1C(=O)S/C(=C\c2ccc3c(c2)OCO3)C1=O)c1cc2ccccc2s1. The van der Waals surface area contributed by atoms with Crippen molar-refractivity contribution in [1.82, 2.24) is 10.2 Å². The van der Waals surface area contributed by atoms with E-state index in [1.54, 1.807) is 24.3 Å². The predicted octanol–water partition coefficient (Wildman–Crippen LogP) is 4.10. The summed E-state index contributed by atoms with van der Waals surface area (Å²) in [5.74, 6) is 0.671. The maximum absolute atomic E-state index is 12.7. The third kappa shape index (κ3) is 3.89. The van der Waals surface area contributed by atoms with Gasteiger partial charge in [-0.15, -0.1) is 11.3 Å². The molecule has 3 aromatic rings. The monoisotopic (exact) mass is 452 g/mol. The van der Waals surface area contributed by atoms with Crippen molar-refractivity contribution in [2.24, 2.45) is 0 Å². The number of carbonyl (C=O) groups is 3. The zero-order valence-electron chi connectivity index (χ0n) is 16.1. The number of benzene rings is 2. The van der Waals surface area contributed by atoms with Crippen LogP contribution in [0.4, 0.5) is 4.79 Å². The first kappa shape index (κ1) is 19.7. The highest BCUT2D eigenvalue weighted by molar-refractivity contribution is 8.18. The van der Waals surface area contributed by atoms with Gasteiger partial charge >= 0.3 is 0 Å². The fourth-order valence-corrected chi connectivity index (χ4v) is 5.15. The first-order valence-electron chi connectivity index (χ1n) is 9.50. The molecule has 0 spiro atoms. The second-order valence-electron chi connectivity index (χ2n) is 6.85. The van der Waals surface area contributed by atoms with Crippen LogP contribution in [0.5, 0.6) is 11.5 Å². The van der Waals surface area contributed by atoms with Crippen LogP contribution < -0.4 is 14.8 Å². The van der Waals surface area contributed by atoms with E-state index in [4.69, 9.17) is 9.47 Å². The van der Waals surface area contributed by atoms with Crippen molar-refractivity contribution in [1.29, 1.82) is 0 Å². The molecule has 31 heavy (non-hydrogen) atoms. The van der Waals surface area contributed by atoms with Gasteiger partial charge in [0.1, 0.15) is 0 Å². The van der Waals surface area contributed by atoms with E-state index in [9.17, 15) is 14.4 Å². The molecule has 0 aliphatic carbocycles. The number of rotatable bonds is 5. The summed E-state index contributed by atoms with van der Waals surface area (Å²) in [7, 11) is 0. The number of hydrogen-bond donors (Lipinski definition) is 1. The molecule has 0 saturated carbocycles. The molecule has 2 aromatic carbocycles. The van der Waals surface area contributed by atoms with Crippen molar-refractivity contribution in [2.45, 2.75) is 0 Å². The van der Waals surface area contributed by atoms with E-state index in [0.717, 1.165) is 32.3 Å². The Hall–Kier alpha value is -3.30. The molecule has 0 radical (unpaired) electrons. The zero-order chi connectivity index (χ0) is 21.4. The molecular weight excluding hydrogens is 436 g/mol. The lowest BCUT2D eigenvalue weighted by Gasteiger charge is -2.12. The minimum absolute atomic E-state index is 0.111. The largest absolute Gasteiger partial charge is 0.454 e. The summed E-state index contributed by atoms with van der Waals surface area (Å²) in [6.45, 7) is 0.463. The van der Waals surface area contributed by atoms with Crippen LogP contribution in [0.1, 0.15) is 15.2 Å². The van der Waals surface area contributed by atoms with E-state index in [1.807, 2.05) is 30.3 Å². The van der Waals surface area contributed by atoms with Crippen LogP contribution in [0.3, 0.4) is 0 Å². The number of hydrogen-bond acceptors (Lipinski definition) is 7. The van der Waals surface area contributed by atoms with E-state index in [0.29, 0.717) is 21.3 Å². The lowest BCUT2D eigenvalue weighted by Crippen LogP contribution is -2.37. The number of fused-ring (bicyclic) bond motifs is 2. The fourth-order valence-electron chi connectivity index (χ4n) is 3.31. The molecule has 1 N–H and O–H groups in total. The van der Waals surface area contributed by atoms with Gasteiger partial charge in [-0.1, -0.05) is 24.3 Å². The summed E-state index contributed by atoms with van der Waals surface area (Å²) in [6, 6.07) is 14.9. The lowest BCUT2D eigenvalue weighted by molar-refractivity contribution is -0.122. The molecule has 1 saturated heterocycles. The van der Waals surface area contributed by atoms with E-state index >= 15 is 0 Å². The highest BCUT2D eigenvalue weighted by Crippen LogP contribution is 2.36. The molecule has 156 valence electrons. The highest BCUT2D eigenvalue weighted by atomic mass is 32.2. The summed E-state index contributed by atoms with van der Waals surface area (Å²) in [6.07, 6.45) is 1.66. The van der Waals surface area contributed by atoms with Crippen LogP contribution in [-0.4, -0.2) is 41.8 Å². The van der Waals surface area contributed by atoms with Crippen molar-refractivity contribution in [3.63, 3.8) is 0 Å². The lowest BCUT2D eigenvalue weighted by atomic mass is 10.2. The normalized spacial score (nSPS) is 16.5. The van der Waals surface area contributed by atoms with E-state index in [2.05, 4.69) is 5.32 Å². The average molecular weight is 453 g/mol. The van der Waals surface area contributed by atoms with Gasteiger partial charge in [-0.25, -0.2) is 0 Å². The highest BCUT2D eigenvalue weighted by Gasteiger charge is 2.34. The number of imide groups is 1. The van der Waals surface area contributed by atoms with Gasteiger partial charge in [-0.2, -0.15) is 0 Å². The van der Waals surface area contributed by atoms with Gasteiger partial charge < -0.3 is 14.8 Å². The molecule has 0 bridgehead atoms. The third-order valence-corrected chi connectivity index (χ3v) is 6.86. The molecule has 0 unspecified atom stereocenters. The van der Waals surface area contributed by atoms with E-state index in [1.165, 1.54) is 11.3 Å². The van der Waals surface area contributed by atoms with Crippen LogP contribution in [0, 0.1) is 0 Å². The number of thiophene rings is 1. The van der Waals surface area contributed by atoms with Crippen LogP contribution in [0.15, 0.2) is 53.4 Å². The number of carbonyl (C=O) groups excluding carboxylic acids is 3. The minimum atomic E-state index is -0.372. The Bertz CT molecular complexity index is 1220. The second kappa shape index (κ2) is 8.09. The third-order valence-electron chi connectivity index (χ3n) is 4.84. The minimum Gasteiger partial charge on any atom is -0.454 e. The second-order valence-corrected chi connectivity index (χ2v) is 8.93. The van der Waals surface area contributed by atoms with Gasteiger partial charge in [-0.05, 0) is 53.1 Å². The van der Waals surface area contributed by atoms with Gasteiger partial charge in [0.05, 0.1) is 9.78 Å². The molecule has 2 aliphatic rings. The topological polar surface area (TPSA) is 84.9 Å². The Morgan fingerprint density at radius 3 is 2.81 bits per heavy atom. The van der Waals surface area contributed by atoms with Gasteiger partial charge in [0, 0.05) is 17.8 Å². The molecule has 7 nitrogen and oxygen atoms in total. The van der Waals surface area contributed by atoms with Crippen molar-refractivity contribution in [3.8, 4) is 11.5 Å². The predicted molar refractivity (Wildman–Crippen MR) is 119 cm³/mol. The number of thioether (sulfide) groups is 1. The van der Waals surface area contributed by atoms with Crippen LogP contribution >= 0.6 is 23.1 Å². The summed E-state index contributed by atoms with van der Waals surface area (Å²) in [5, 5.41) is 3.44. The smallest absolute Gasteiger partial charge is 0.293 e. The van der Waals surface area contributed by atoms with Crippen LogP contribution in [0.25, 0.3) is 16.2 Å². The Labute approximate surface area is 185 Å². The number of nitrogens with one attached hydrogen (secondary N) is 1. The molecular formula is C22H16N2O5S2. The molecule has 3 heterocycles. The molecule has 3 amide bonds. The van der Waals surface area contributed by atoms with Crippen LogP contribution in [0.2, 0.25) is 0 Å². The maximum Gasteiger partial charge on any atom is 0.293 e. The molecule has 2 aliphatic heterocycles. The average Bonchev–Trinajstić information content (AvgIpc) is 3.47. The van der Waals surface area contributed by atoms with E-state index in [-0.39, 0.29) is 36.9 Å². The van der Waals surface area contributed by atoms with Crippen molar-refractivity contribution in [2.75, 3.05) is 19.9 Å².